The van der Waals surface area contributed by atoms with Crippen molar-refractivity contribution in [2.45, 2.75) is 13.8 Å². The van der Waals surface area contributed by atoms with E-state index in [1.54, 1.807) is 30.3 Å². The number of fused-ring (bicyclic) bond motifs is 2. The molecule has 2 aromatic rings. The van der Waals surface area contributed by atoms with Gasteiger partial charge in [-0.2, -0.15) is 0 Å². The van der Waals surface area contributed by atoms with Crippen LogP contribution in [0.25, 0.3) is 33.4 Å². The molecular formula is C22H14Br4O5. The topological polar surface area (TPSA) is 87.7 Å². The molecule has 0 spiro atoms. The number of carboxylic acid groups (broad SMARTS) is 1. The number of rotatable bonds is 2. The Bertz CT molecular complexity index is 1360. The van der Waals surface area contributed by atoms with Gasteiger partial charge in [0.1, 0.15) is 14.7 Å². The molecule has 0 fully saturated rings. The molecular weight excluding hydrogens is 664 g/mol. The van der Waals surface area contributed by atoms with Crippen LogP contribution < -0.4 is 5.43 Å². The van der Waals surface area contributed by atoms with Gasteiger partial charge >= 0.3 is 5.97 Å². The lowest BCUT2D eigenvalue weighted by Crippen LogP contribution is -2.07. The van der Waals surface area contributed by atoms with Crippen molar-refractivity contribution in [3.05, 3.63) is 70.1 Å². The molecule has 5 nitrogen and oxygen atoms in total. The van der Waals surface area contributed by atoms with Gasteiger partial charge < -0.3 is 14.6 Å². The summed E-state index contributed by atoms with van der Waals surface area (Å²) >= 11 is 13.2. The third kappa shape index (κ3) is 4.08. The van der Waals surface area contributed by atoms with Gasteiger partial charge in [0.25, 0.3) is 0 Å². The number of carboxylic acids is 1. The van der Waals surface area contributed by atoms with Crippen molar-refractivity contribution < 1.29 is 19.4 Å². The van der Waals surface area contributed by atoms with Crippen molar-refractivity contribution >= 4 is 80.7 Å². The number of hydrogen-bond donors (Lipinski definition) is 2. The SMILES string of the molecule is CC.O=C(O)c1ccccc1-c1c2cc(Br)c(=O)c(Br)c-2oc2c(Br)c(O)c(Br)cc12. The first-order valence-electron chi connectivity index (χ1n) is 9.00. The van der Waals surface area contributed by atoms with Gasteiger partial charge in [-0.3, -0.25) is 4.79 Å². The molecule has 0 saturated carbocycles. The molecule has 4 rings (SSSR count). The summed E-state index contributed by atoms with van der Waals surface area (Å²) in [6.45, 7) is 4.00. The smallest absolute Gasteiger partial charge is 0.336 e. The van der Waals surface area contributed by atoms with Crippen LogP contribution in [0.15, 0.2) is 63.5 Å². The number of aromatic hydroxyl groups is 1. The maximum atomic E-state index is 12.4. The highest BCUT2D eigenvalue weighted by atomic mass is 79.9. The van der Waals surface area contributed by atoms with Gasteiger partial charge in [0.15, 0.2) is 11.3 Å². The highest BCUT2D eigenvalue weighted by molar-refractivity contribution is 9.11. The second-order valence-corrected chi connectivity index (χ2v) is 9.40. The van der Waals surface area contributed by atoms with Crippen molar-refractivity contribution in [3.8, 4) is 28.2 Å². The van der Waals surface area contributed by atoms with E-state index in [2.05, 4.69) is 63.7 Å². The fourth-order valence-corrected chi connectivity index (χ4v) is 5.57. The van der Waals surface area contributed by atoms with E-state index in [1.807, 2.05) is 13.8 Å². The minimum atomic E-state index is -1.09. The zero-order valence-electron chi connectivity index (χ0n) is 16.1. The van der Waals surface area contributed by atoms with Crippen LogP contribution >= 0.6 is 63.7 Å². The molecule has 160 valence electrons. The molecule has 0 amide bonds. The zero-order chi connectivity index (χ0) is 23.0. The number of aromatic carboxylic acids is 1. The van der Waals surface area contributed by atoms with Crippen molar-refractivity contribution in [1.29, 1.82) is 0 Å². The van der Waals surface area contributed by atoms with Gasteiger partial charge in [0, 0.05) is 16.5 Å². The summed E-state index contributed by atoms with van der Waals surface area (Å²) in [5.41, 5.74) is 1.61. The maximum Gasteiger partial charge on any atom is 0.336 e. The lowest BCUT2D eigenvalue weighted by atomic mass is 9.91. The van der Waals surface area contributed by atoms with E-state index in [-0.39, 0.29) is 37.0 Å². The maximum absolute atomic E-state index is 12.4. The quantitative estimate of drug-likeness (QED) is 0.210. The molecule has 2 aliphatic rings. The van der Waals surface area contributed by atoms with Crippen LogP contribution in [-0.4, -0.2) is 16.2 Å². The Morgan fingerprint density at radius 3 is 2.23 bits per heavy atom. The lowest BCUT2D eigenvalue weighted by molar-refractivity contribution is 0.0697. The number of benzene rings is 3. The van der Waals surface area contributed by atoms with E-state index < -0.39 is 5.97 Å². The molecule has 0 saturated heterocycles. The van der Waals surface area contributed by atoms with Gasteiger partial charge in [-0.05, 0) is 87.5 Å². The van der Waals surface area contributed by atoms with Crippen molar-refractivity contribution in [3.63, 3.8) is 0 Å². The molecule has 9 heteroatoms. The fourth-order valence-electron chi connectivity index (χ4n) is 3.17. The molecule has 1 aliphatic carbocycles. The summed E-state index contributed by atoms with van der Waals surface area (Å²) in [5, 5.41) is 20.6. The van der Waals surface area contributed by atoms with Crippen LogP contribution in [0.5, 0.6) is 5.75 Å². The van der Waals surface area contributed by atoms with Crippen molar-refractivity contribution in [2.75, 3.05) is 0 Å². The molecule has 1 aliphatic heterocycles. The van der Waals surface area contributed by atoms with E-state index >= 15 is 0 Å². The van der Waals surface area contributed by atoms with Crippen LogP contribution in [0.3, 0.4) is 0 Å². The monoisotopic (exact) mass is 674 g/mol. The summed E-state index contributed by atoms with van der Waals surface area (Å²) in [5.74, 6) is -0.921. The lowest BCUT2D eigenvalue weighted by Gasteiger charge is -2.19. The molecule has 1 heterocycles. The predicted molar refractivity (Wildman–Crippen MR) is 135 cm³/mol. The van der Waals surface area contributed by atoms with Crippen LogP contribution in [0.4, 0.5) is 0 Å². The first kappa shape index (κ1) is 24.0. The van der Waals surface area contributed by atoms with Crippen LogP contribution in [0, 0.1) is 0 Å². The van der Waals surface area contributed by atoms with E-state index in [1.165, 1.54) is 6.07 Å². The van der Waals surface area contributed by atoms with Crippen molar-refractivity contribution in [2.24, 2.45) is 0 Å². The summed E-state index contributed by atoms with van der Waals surface area (Å²) in [7, 11) is 0. The number of phenols is 1. The Labute approximate surface area is 210 Å². The van der Waals surface area contributed by atoms with Crippen LogP contribution in [0.1, 0.15) is 24.2 Å². The third-order valence-electron chi connectivity index (χ3n) is 4.45. The van der Waals surface area contributed by atoms with Gasteiger partial charge in [0.05, 0.1) is 14.5 Å². The summed E-state index contributed by atoms with van der Waals surface area (Å²) in [6.07, 6.45) is 0. The van der Waals surface area contributed by atoms with Gasteiger partial charge in [-0.25, -0.2) is 4.79 Å². The first-order chi connectivity index (χ1) is 14.7. The Balaban J connectivity index is 0.00000132. The van der Waals surface area contributed by atoms with Crippen molar-refractivity contribution in [1.82, 2.24) is 0 Å². The predicted octanol–water partition coefficient (Wildman–Crippen LogP) is 8.04. The Kier molecular flexibility index (Phi) is 7.30. The summed E-state index contributed by atoms with van der Waals surface area (Å²) in [6, 6.07) is 9.84. The summed E-state index contributed by atoms with van der Waals surface area (Å²) in [4.78, 5) is 24.3. The summed E-state index contributed by atoms with van der Waals surface area (Å²) < 4.78 is 7.17. The average Bonchev–Trinajstić information content (AvgIpc) is 2.76. The molecule has 0 atom stereocenters. The second kappa shape index (κ2) is 9.44. The number of phenolic OH excluding ortho intramolecular Hbond substituents is 1. The normalized spacial score (nSPS) is 10.8. The minimum Gasteiger partial charge on any atom is -0.505 e. The highest BCUT2D eigenvalue weighted by Gasteiger charge is 2.27. The molecule has 0 unspecified atom stereocenters. The molecule has 0 radical (unpaired) electrons. The van der Waals surface area contributed by atoms with E-state index in [9.17, 15) is 19.8 Å². The average molecular weight is 678 g/mol. The molecule has 2 aromatic carbocycles. The molecule has 0 bridgehead atoms. The number of hydrogen-bond acceptors (Lipinski definition) is 4. The second-order valence-electron chi connectivity index (χ2n) is 6.10. The van der Waals surface area contributed by atoms with E-state index in [4.69, 9.17) is 4.42 Å². The highest BCUT2D eigenvalue weighted by Crippen LogP contribution is 2.49. The molecule has 2 N–H and O–H groups in total. The first-order valence-corrected chi connectivity index (χ1v) is 12.2. The van der Waals surface area contributed by atoms with E-state index in [0.29, 0.717) is 31.0 Å². The fraction of sp³-hybridized carbons (Fsp3) is 0.0909. The Morgan fingerprint density at radius 2 is 1.58 bits per heavy atom. The molecule has 31 heavy (non-hydrogen) atoms. The van der Waals surface area contributed by atoms with Crippen LogP contribution in [-0.2, 0) is 0 Å². The minimum absolute atomic E-state index is 0.0753. The number of halogens is 4. The standard InChI is InChI=1S/C20H8Br4O5.C2H6/c21-11-5-9-13(7-3-1-2-4-8(7)20(27)28)10-6-12(22)17(26)15(24)19(10)29-18(9)14(23)16(11)25;1-2/h1-6,25H,(H,27,28);1-2H3. The van der Waals surface area contributed by atoms with Gasteiger partial charge in [-0.15, -0.1) is 0 Å². The van der Waals surface area contributed by atoms with Gasteiger partial charge in [0.2, 0.25) is 5.43 Å². The largest absolute Gasteiger partial charge is 0.505 e. The number of carbonyl (C=O) groups is 1. The van der Waals surface area contributed by atoms with Gasteiger partial charge in [-0.1, -0.05) is 32.0 Å². The van der Waals surface area contributed by atoms with Crippen LogP contribution in [0.2, 0.25) is 0 Å². The molecule has 0 aromatic heterocycles. The Hall–Kier alpha value is -1.68. The third-order valence-corrected chi connectivity index (χ3v) is 7.10. The zero-order valence-corrected chi connectivity index (χ0v) is 22.4. The Morgan fingerprint density at radius 1 is 0.935 bits per heavy atom. The van der Waals surface area contributed by atoms with E-state index in [0.717, 1.165) is 0 Å².